The maximum absolute atomic E-state index is 12.0. The molecule has 2 nitrogen and oxygen atoms in total. The predicted molar refractivity (Wildman–Crippen MR) is 59.0 cm³/mol. The molecule has 2 heteroatoms. The average molecular weight is 195 g/mol. The molecular formula is C12H21NO. The Balaban J connectivity index is 2.49. The Kier molecular flexibility index (Phi) is 4.18. The Labute approximate surface area is 87.0 Å². The summed E-state index contributed by atoms with van der Waals surface area (Å²) in [5, 5.41) is 0. The zero-order chi connectivity index (χ0) is 10.6. The van der Waals surface area contributed by atoms with Crippen LogP contribution in [0, 0.1) is 11.8 Å². The van der Waals surface area contributed by atoms with Gasteiger partial charge in [-0.3, -0.25) is 4.79 Å². The summed E-state index contributed by atoms with van der Waals surface area (Å²) in [6, 6.07) is 0. The van der Waals surface area contributed by atoms with Crippen LogP contribution in [0.5, 0.6) is 0 Å². The highest BCUT2D eigenvalue weighted by Gasteiger charge is 2.24. The maximum Gasteiger partial charge on any atom is 0.225 e. The van der Waals surface area contributed by atoms with E-state index in [0.29, 0.717) is 5.91 Å². The van der Waals surface area contributed by atoms with Crippen molar-refractivity contribution in [2.75, 3.05) is 13.1 Å². The molecule has 1 saturated heterocycles. The van der Waals surface area contributed by atoms with Gasteiger partial charge < -0.3 is 4.90 Å². The van der Waals surface area contributed by atoms with Gasteiger partial charge in [-0.05, 0) is 25.2 Å². The smallest absolute Gasteiger partial charge is 0.225 e. The molecular weight excluding hydrogens is 174 g/mol. The molecule has 2 atom stereocenters. The normalized spacial score (nSPS) is 21.4. The van der Waals surface area contributed by atoms with Gasteiger partial charge in [-0.15, -0.1) is 6.58 Å². The lowest BCUT2D eigenvalue weighted by atomic mass is 9.94. The Morgan fingerprint density at radius 2 is 1.86 bits per heavy atom. The van der Waals surface area contributed by atoms with E-state index in [1.807, 2.05) is 17.9 Å². The van der Waals surface area contributed by atoms with E-state index in [0.717, 1.165) is 13.1 Å². The summed E-state index contributed by atoms with van der Waals surface area (Å²) in [4.78, 5) is 14.0. The number of likely N-dealkylation sites (tertiary alicyclic amines) is 1. The highest BCUT2D eigenvalue weighted by Crippen LogP contribution is 2.18. The van der Waals surface area contributed by atoms with Crippen molar-refractivity contribution in [3.8, 4) is 0 Å². The minimum Gasteiger partial charge on any atom is -0.342 e. The molecule has 0 aliphatic carbocycles. The van der Waals surface area contributed by atoms with Gasteiger partial charge in [-0.1, -0.05) is 19.9 Å². The van der Waals surface area contributed by atoms with Crippen molar-refractivity contribution in [1.29, 1.82) is 0 Å². The molecule has 1 heterocycles. The minimum atomic E-state index is 0.0885. The number of carbonyl (C=O) groups excluding carboxylic acids is 1. The Morgan fingerprint density at radius 1 is 1.29 bits per heavy atom. The van der Waals surface area contributed by atoms with E-state index < -0.39 is 0 Å². The molecule has 14 heavy (non-hydrogen) atoms. The fraction of sp³-hybridized carbons (Fsp3) is 0.750. The summed E-state index contributed by atoms with van der Waals surface area (Å²) >= 11 is 0. The molecule has 0 N–H and O–H groups in total. The third-order valence-corrected chi connectivity index (χ3v) is 3.22. The van der Waals surface area contributed by atoms with Gasteiger partial charge in [0.1, 0.15) is 0 Å². The topological polar surface area (TPSA) is 20.3 Å². The number of hydrogen-bond donors (Lipinski definition) is 0. The van der Waals surface area contributed by atoms with Crippen LogP contribution in [-0.4, -0.2) is 23.9 Å². The molecule has 0 aromatic carbocycles. The van der Waals surface area contributed by atoms with Crippen molar-refractivity contribution in [2.24, 2.45) is 11.8 Å². The molecule has 0 aromatic heterocycles. The van der Waals surface area contributed by atoms with Crippen LogP contribution in [0.15, 0.2) is 12.7 Å². The second-order valence-corrected chi connectivity index (χ2v) is 4.27. The van der Waals surface area contributed by atoms with E-state index in [2.05, 4.69) is 13.5 Å². The zero-order valence-corrected chi connectivity index (χ0v) is 9.33. The monoisotopic (exact) mass is 195 g/mol. The number of amides is 1. The molecule has 1 aliphatic rings. The van der Waals surface area contributed by atoms with Crippen molar-refractivity contribution < 1.29 is 4.79 Å². The van der Waals surface area contributed by atoms with E-state index in [-0.39, 0.29) is 11.8 Å². The molecule has 1 rings (SSSR count). The molecule has 1 aliphatic heterocycles. The number of nitrogens with zero attached hydrogens (tertiary/aromatic N) is 1. The van der Waals surface area contributed by atoms with E-state index in [4.69, 9.17) is 0 Å². The number of rotatable bonds is 3. The van der Waals surface area contributed by atoms with E-state index in [1.54, 1.807) is 0 Å². The van der Waals surface area contributed by atoms with Gasteiger partial charge in [-0.25, -0.2) is 0 Å². The van der Waals surface area contributed by atoms with Crippen molar-refractivity contribution in [2.45, 2.75) is 33.1 Å². The summed E-state index contributed by atoms with van der Waals surface area (Å²) < 4.78 is 0. The fourth-order valence-electron chi connectivity index (χ4n) is 1.83. The van der Waals surface area contributed by atoms with Crippen molar-refractivity contribution in [3.05, 3.63) is 12.7 Å². The van der Waals surface area contributed by atoms with E-state index >= 15 is 0 Å². The van der Waals surface area contributed by atoms with Gasteiger partial charge in [0.05, 0.1) is 0 Å². The lowest BCUT2D eigenvalue weighted by Crippen LogP contribution is -2.40. The van der Waals surface area contributed by atoms with Crippen LogP contribution in [0.1, 0.15) is 33.1 Å². The lowest BCUT2D eigenvalue weighted by Gasteiger charge is -2.30. The number of piperidine rings is 1. The SMILES string of the molecule is C=C[C@@H](C)[C@@H](C)C(=O)N1CCCCC1. The van der Waals surface area contributed by atoms with Crippen molar-refractivity contribution >= 4 is 5.91 Å². The van der Waals surface area contributed by atoms with Gasteiger partial charge in [0, 0.05) is 19.0 Å². The molecule has 0 radical (unpaired) electrons. The first-order valence-electron chi connectivity index (χ1n) is 5.58. The Bertz CT molecular complexity index is 206. The molecule has 0 saturated carbocycles. The van der Waals surface area contributed by atoms with Crippen LogP contribution in [0.4, 0.5) is 0 Å². The second kappa shape index (κ2) is 5.18. The highest BCUT2D eigenvalue weighted by atomic mass is 16.2. The standard InChI is InChI=1S/C12H21NO/c1-4-10(2)11(3)12(14)13-8-6-5-7-9-13/h4,10-11H,1,5-9H2,2-3H3/t10-,11-/m1/s1. The first-order chi connectivity index (χ1) is 6.66. The maximum atomic E-state index is 12.0. The Hall–Kier alpha value is -0.790. The van der Waals surface area contributed by atoms with Gasteiger partial charge in [0.15, 0.2) is 0 Å². The first-order valence-corrected chi connectivity index (χ1v) is 5.58. The van der Waals surface area contributed by atoms with Gasteiger partial charge in [0.2, 0.25) is 5.91 Å². The van der Waals surface area contributed by atoms with Crippen LogP contribution >= 0.6 is 0 Å². The highest BCUT2D eigenvalue weighted by molar-refractivity contribution is 5.79. The summed E-state index contributed by atoms with van der Waals surface area (Å²) in [6.45, 7) is 9.70. The summed E-state index contributed by atoms with van der Waals surface area (Å²) in [5.74, 6) is 0.673. The average Bonchev–Trinajstić information content (AvgIpc) is 2.27. The van der Waals surface area contributed by atoms with Crippen LogP contribution in [0.3, 0.4) is 0 Å². The minimum absolute atomic E-state index is 0.0885. The van der Waals surface area contributed by atoms with Gasteiger partial charge in [-0.2, -0.15) is 0 Å². The molecule has 0 unspecified atom stereocenters. The molecule has 0 bridgehead atoms. The van der Waals surface area contributed by atoms with Crippen LogP contribution < -0.4 is 0 Å². The molecule has 1 fully saturated rings. The van der Waals surface area contributed by atoms with Crippen molar-refractivity contribution in [1.82, 2.24) is 4.90 Å². The lowest BCUT2D eigenvalue weighted by molar-refractivity contribution is -0.136. The number of carbonyl (C=O) groups is 1. The molecule has 1 amide bonds. The van der Waals surface area contributed by atoms with Crippen LogP contribution in [0.25, 0.3) is 0 Å². The largest absolute Gasteiger partial charge is 0.342 e. The summed E-state index contributed by atoms with van der Waals surface area (Å²) in [7, 11) is 0. The van der Waals surface area contributed by atoms with E-state index in [1.165, 1.54) is 19.3 Å². The van der Waals surface area contributed by atoms with Crippen LogP contribution in [0.2, 0.25) is 0 Å². The summed E-state index contributed by atoms with van der Waals surface area (Å²) in [5.41, 5.74) is 0. The Morgan fingerprint density at radius 3 is 2.36 bits per heavy atom. The number of allylic oxidation sites excluding steroid dienone is 1. The fourth-order valence-corrected chi connectivity index (χ4v) is 1.83. The van der Waals surface area contributed by atoms with E-state index in [9.17, 15) is 4.79 Å². The van der Waals surface area contributed by atoms with Crippen molar-refractivity contribution in [3.63, 3.8) is 0 Å². The van der Waals surface area contributed by atoms with Gasteiger partial charge in [0.25, 0.3) is 0 Å². The quantitative estimate of drug-likeness (QED) is 0.633. The molecule has 0 spiro atoms. The third-order valence-electron chi connectivity index (χ3n) is 3.22. The zero-order valence-electron chi connectivity index (χ0n) is 9.33. The predicted octanol–water partition coefficient (Wildman–Crippen LogP) is 2.46. The van der Waals surface area contributed by atoms with Crippen LogP contribution in [-0.2, 0) is 4.79 Å². The molecule has 0 aromatic rings. The first kappa shape index (κ1) is 11.3. The second-order valence-electron chi connectivity index (χ2n) is 4.27. The number of hydrogen-bond acceptors (Lipinski definition) is 1. The summed E-state index contributed by atoms with van der Waals surface area (Å²) in [6.07, 6.45) is 5.48. The molecule has 80 valence electrons. The third kappa shape index (κ3) is 2.60. The van der Waals surface area contributed by atoms with Gasteiger partial charge >= 0.3 is 0 Å².